The van der Waals surface area contributed by atoms with E-state index in [2.05, 4.69) is 4.99 Å². The van der Waals surface area contributed by atoms with Crippen molar-refractivity contribution in [3.8, 4) is 0 Å². The summed E-state index contributed by atoms with van der Waals surface area (Å²) >= 11 is 1.76. The summed E-state index contributed by atoms with van der Waals surface area (Å²) in [6.07, 6.45) is 9.68. The number of carbonyl (C=O) groups is 1. The first-order valence-corrected chi connectivity index (χ1v) is 4.56. The highest BCUT2D eigenvalue weighted by Gasteiger charge is 2.04. The average molecular weight is 289 g/mol. The lowest BCUT2D eigenvalue weighted by atomic mass is 10.1. The second-order valence-electron chi connectivity index (χ2n) is 2.31. The summed E-state index contributed by atoms with van der Waals surface area (Å²) in [6.45, 7) is 0.314. The third kappa shape index (κ3) is 3.65. The minimum absolute atomic E-state index is 0.0466. The Balaban J connectivity index is 2.84. The van der Waals surface area contributed by atoms with Gasteiger partial charge in [-0.2, -0.15) is 0 Å². The highest BCUT2D eigenvalue weighted by atomic mass is 127. The van der Waals surface area contributed by atoms with Gasteiger partial charge in [-0.3, -0.25) is 9.79 Å². The van der Waals surface area contributed by atoms with Crippen LogP contribution in [-0.4, -0.2) is 18.6 Å². The van der Waals surface area contributed by atoms with E-state index in [4.69, 9.17) is 3.07 Å². The van der Waals surface area contributed by atoms with Gasteiger partial charge in [-0.25, -0.2) is 0 Å². The smallest absolute Gasteiger partial charge is 0.184 e. The van der Waals surface area contributed by atoms with Crippen LogP contribution in [0.5, 0.6) is 0 Å². The number of allylic oxidation sites excluding steroid dienone is 4. The minimum Gasteiger partial charge on any atom is -0.311 e. The Kier molecular flexibility index (Phi) is 4.63. The number of ketones is 1. The molecule has 0 spiro atoms. The molecule has 1 rings (SSSR count). The molecule has 0 aromatic carbocycles. The van der Waals surface area contributed by atoms with Gasteiger partial charge in [0, 0.05) is 18.0 Å². The number of hydrogen-bond acceptors (Lipinski definition) is 3. The Bertz CT molecular complexity index is 303. The molecule has 1 aliphatic heterocycles. The molecule has 68 valence electrons. The predicted molar refractivity (Wildman–Crippen MR) is 59.8 cm³/mol. The van der Waals surface area contributed by atoms with Crippen LogP contribution >= 0.6 is 23.0 Å². The van der Waals surface area contributed by atoms with Gasteiger partial charge in [-0.15, -0.1) is 0 Å². The molecule has 0 saturated heterocycles. The fraction of sp³-hybridized carbons (Fsp3) is 0.111. The zero-order valence-electron chi connectivity index (χ0n) is 6.81. The number of carbonyl (C=O) groups excluding carboxylic acids is 1. The molecule has 13 heavy (non-hydrogen) atoms. The monoisotopic (exact) mass is 289 g/mol. The largest absolute Gasteiger partial charge is 0.311 e. The number of nitrogens with zero attached hydrogens (tertiary/aromatic N) is 1. The van der Waals surface area contributed by atoms with Crippen molar-refractivity contribution in [2.75, 3.05) is 6.61 Å². The normalized spacial score (nSPS) is 23.8. The van der Waals surface area contributed by atoms with Crippen LogP contribution in [0.4, 0.5) is 0 Å². The summed E-state index contributed by atoms with van der Waals surface area (Å²) in [7, 11) is 0. The van der Waals surface area contributed by atoms with Crippen LogP contribution in [-0.2, 0) is 7.86 Å². The van der Waals surface area contributed by atoms with Crippen LogP contribution in [0.2, 0.25) is 0 Å². The fourth-order valence-electron chi connectivity index (χ4n) is 0.806. The third-order valence-electron chi connectivity index (χ3n) is 1.42. The topological polar surface area (TPSA) is 38.7 Å². The maximum absolute atomic E-state index is 11.4. The molecule has 0 bridgehead atoms. The molecule has 0 amide bonds. The quantitative estimate of drug-likeness (QED) is 0.729. The standard InChI is InChI=1S/C9H8INO2/c10-13-7-8-3-1-5-11-6-2-4-9(8)12/h1-6H,7H2/b4-2+,5-1-,8-3?,11-6-. The lowest BCUT2D eigenvalue weighted by molar-refractivity contribution is -0.111. The van der Waals surface area contributed by atoms with Gasteiger partial charge >= 0.3 is 0 Å². The van der Waals surface area contributed by atoms with Crippen molar-refractivity contribution >= 4 is 35.0 Å². The van der Waals surface area contributed by atoms with Crippen LogP contribution in [0.25, 0.3) is 0 Å². The Labute approximate surface area is 90.6 Å². The van der Waals surface area contributed by atoms with Gasteiger partial charge < -0.3 is 3.07 Å². The van der Waals surface area contributed by atoms with E-state index in [0.717, 1.165) is 0 Å². The number of hydrogen-bond donors (Lipinski definition) is 0. The zero-order valence-corrected chi connectivity index (χ0v) is 8.97. The van der Waals surface area contributed by atoms with Gasteiger partial charge in [0.2, 0.25) is 0 Å². The van der Waals surface area contributed by atoms with Crippen molar-refractivity contribution < 1.29 is 7.86 Å². The predicted octanol–water partition coefficient (Wildman–Crippen LogP) is 2.00. The van der Waals surface area contributed by atoms with Crippen LogP contribution in [0.3, 0.4) is 0 Å². The fourth-order valence-corrected chi connectivity index (χ4v) is 1.14. The molecule has 0 fully saturated rings. The number of aliphatic imine (C=N–C) groups is 1. The second kappa shape index (κ2) is 5.82. The summed E-state index contributed by atoms with van der Waals surface area (Å²) in [5.41, 5.74) is 0.618. The summed E-state index contributed by atoms with van der Waals surface area (Å²) in [6, 6.07) is 0. The summed E-state index contributed by atoms with van der Waals surface area (Å²) < 4.78 is 4.86. The SMILES string of the molecule is O=C1/C=C/C=N\C=C/C=C1COI. The number of rotatable bonds is 2. The molecule has 1 aliphatic rings. The van der Waals surface area contributed by atoms with Crippen molar-refractivity contribution in [1.82, 2.24) is 0 Å². The summed E-state index contributed by atoms with van der Waals surface area (Å²) in [5, 5.41) is 0. The summed E-state index contributed by atoms with van der Waals surface area (Å²) in [4.78, 5) is 15.3. The zero-order chi connectivity index (χ0) is 9.52. The van der Waals surface area contributed by atoms with E-state index >= 15 is 0 Å². The van der Waals surface area contributed by atoms with Crippen LogP contribution < -0.4 is 0 Å². The van der Waals surface area contributed by atoms with Gasteiger partial charge in [0.1, 0.15) is 23.0 Å². The van der Waals surface area contributed by atoms with E-state index in [1.165, 1.54) is 6.08 Å². The molecule has 0 saturated carbocycles. The van der Waals surface area contributed by atoms with Gasteiger partial charge in [0.15, 0.2) is 5.78 Å². The van der Waals surface area contributed by atoms with E-state index in [1.807, 2.05) is 0 Å². The molecule has 0 radical (unpaired) electrons. The maximum atomic E-state index is 11.4. The highest BCUT2D eigenvalue weighted by Crippen LogP contribution is 2.03. The Morgan fingerprint density at radius 2 is 2.31 bits per heavy atom. The first-order chi connectivity index (χ1) is 6.34. The molecule has 0 atom stereocenters. The van der Waals surface area contributed by atoms with E-state index in [1.54, 1.807) is 53.6 Å². The third-order valence-corrected chi connectivity index (χ3v) is 1.73. The highest BCUT2D eigenvalue weighted by molar-refractivity contribution is 14.1. The van der Waals surface area contributed by atoms with Crippen molar-refractivity contribution in [1.29, 1.82) is 0 Å². The van der Waals surface area contributed by atoms with Crippen LogP contribution in [0.15, 0.2) is 41.1 Å². The molecule has 4 heteroatoms. The van der Waals surface area contributed by atoms with Gasteiger partial charge in [-0.1, -0.05) is 6.08 Å². The maximum Gasteiger partial charge on any atom is 0.184 e. The number of halogens is 1. The first-order valence-electron chi connectivity index (χ1n) is 3.68. The lowest BCUT2D eigenvalue weighted by Crippen LogP contribution is -2.03. The van der Waals surface area contributed by atoms with Crippen molar-refractivity contribution in [2.45, 2.75) is 0 Å². The van der Waals surface area contributed by atoms with Crippen molar-refractivity contribution in [2.24, 2.45) is 4.99 Å². The molecule has 0 N–H and O–H groups in total. The Morgan fingerprint density at radius 1 is 1.46 bits per heavy atom. The van der Waals surface area contributed by atoms with Crippen molar-refractivity contribution in [3.05, 3.63) is 36.1 Å². The van der Waals surface area contributed by atoms with Crippen LogP contribution in [0, 0.1) is 0 Å². The molecule has 0 aromatic heterocycles. The van der Waals surface area contributed by atoms with E-state index in [-0.39, 0.29) is 5.78 Å². The molecule has 0 aliphatic carbocycles. The molecular weight excluding hydrogens is 281 g/mol. The van der Waals surface area contributed by atoms with Gasteiger partial charge in [0.05, 0.1) is 6.61 Å². The molecular formula is C9H8INO2. The van der Waals surface area contributed by atoms with Crippen LogP contribution in [0.1, 0.15) is 0 Å². The molecule has 0 unspecified atom stereocenters. The lowest BCUT2D eigenvalue weighted by Gasteiger charge is -1.97. The van der Waals surface area contributed by atoms with E-state index < -0.39 is 0 Å². The molecule has 0 aromatic rings. The Morgan fingerprint density at radius 3 is 3.08 bits per heavy atom. The molecule has 1 heterocycles. The van der Waals surface area contributed by atoms with Gasteiger partial charge in [-0.05, 0) is 18.2 Å². The molecule has 3 nitrogen and oxygen atoms in total. The second-order valence-corrected chi connectivity index (χ2v) is 2.93. The minimum atomic E-state index is -0.0466. The van der Waals surface area contributed by atoms with E-state index in [9.17, 15) is 4.79 Å². The Hall–Kier alpha value is -0.750. The van der Waals surface area contributed by atoms with E-state index in [0.29, 0.717) is 12.2 Å². The summed E-state index contributed by atoms with van der Waals surface area (Å²) in [5.74, 6) is -0.0466. The van der Waals surface area contributed by atoms with Crippen molar-refractivity contribution in [3.63, 3.8) is 0 Å². The first kappa shape index (κ1) is 10.3. The average Bonchev–Trinajstić information content (AvgIpc) is 2.21. The van der Waals surface area contributed by atoms with Gasteiger partial charge in [0.25, 0.3) is 0 Å².